The van der Waals surface area contributed by atoms with Gasteiger partial charge in [-0.25, -0.2) is 0 Å². The maximum absolute atomic E-state index is 10.1. The molecule has 0 aromatic heterocycles. The first-order valence-corrected chi connectivity index (χ1v) is 6.31. The van der Waals surface area contributed by atoms with Gasteiger partial charge in [0.1, 0.15) is 0 Å². The molecular weight excluding hydrogens is 206 g/mol. The first-order valence-electron chi connectivity index (χ1n) is 6.31. The molecule has 0 aliphatic carbocycles. The van der Waals surface area contributed by atoms with E-state index >= 15 is 0 Å². The van der Waals surface area contributed by atoms with Crippen LogP contribution in [-0.2, 0) is 9.47 Å². The molecule has 2 rings (SSSR count). The molecular formula is C12H23NO3. The number of hydrogen-bond donors (Lipinski definition) is 1. The van der Waals surface area contributed by atoms with E-state index in [9.17, 15) is 5.11 Å². The zero-order valence-electron chi connectivity index (χ0n) is 10.1. The van der Waals surface area contributed by atoms with Gasteiger partial charge in [0.25, 0.3) is 0 Å². The van der Waals surface area contributed by atoms with Crippen LogP contribution in [0.5, 0.6) is 0 Å². The Hall–Kier alpha value is -0.160. The summed E-state index contributed by atoms with van der Waals surface area (Å²) in [7, 11) is 2.11. The van der Waals surface area contributed by atoms with Gasteiger partial charge in [0, 0.05) is 38.3 Å². The predicted octanol–water partition coefficient (Wildman–Crippen LogP) is 0.495. The quantitative estimate of drug-likeness (QED) is 0.762. The van der Waals surface area contributed by atoms with Gasteiger partial charge in [0.05, 0.1) is 12.7 Å². The van der Waals surface area contributed by atoms with Crippen LogP contribution in [0.3, 0.4) is 0 Å². The van der Waals surface area contributed by atoms with Crippen molar-refractivity contribution in [2.45, 2.75) is 31.4 Å². The summed E-state index contributed by atoms with van der Waals surface area (Å²) in [6.45, 7) is 4.01. The summed E-state index contributed by atoms with van der Waals surface area (Å²) in [5.74, 6) is 0.335. The monoisotopic (exact) mass is 229 g/mol. The van der Waals surface area contributed by atoms with Crippen LogP contribution in [0.25, 0.3) is 0 Å². The van der Waals surface area contributed by atoms with Crippen LogP contribution in [0, 0.1) is 5.92 Å². The van der Waals surface area contributed by atoms with E-state index in [0.717, 1.165) is 52.2 Å². The number of ether oxygens (including phenoxy) is 2. The second-order valence-corrected chi connectivity index (χ2v) is 4.97. The maximum Gasteiger partial charge on any atom is 0.0718 e. The fraction of sp³-hybridized carbons (Fsp3) is 1.00. The molecule has 1 N–H and O–H groups in total. The molecule has 0 amide bonds. The molecule has 4 heteroatoms. The molecule has 2 unspecified atom stereocenters. The zero-order chi connectivity index (χ0) is 11.4. The van der Waals surface area contributed by atoms with Crippen molar-refractivity contribution in [1.82, 2.24) is 4.90 Å². The largest absolute Gasteiger partial charge is 0.391 e. The number of likely N-dealkylation sites (N-methyl/N-ethyl adjacent to an activating group) is 1. The summed E-state index contributed by atoms with van der Waals surface area (Å²) >= 11 is 0. The summed E-state index contributed by atoms with van der Waals surface area (Å²) in [5.41, 5.74) is 0. The molecule has 0 aromatic carbocycles. The lowest BCUT2D eigenvalue weighted by Gasteiger charge is -2.33. The van der Waals surface area contributed by atoms with Gasteiger partial charge in [0.15, 0.2) is 0 Å². The molecule has 2 aliphatic heterocycles. The smallest absolute Gasteiger partial charge is 0.0718 e. The van der Waals surface area contributed by atoms with Crippen molar-refractivity contribution >= 4 is 0 Å². The minimum atomic E-state index is -0.240. The van der Waals surface area contributed by atoms with Gasteiger partial charge >= 0.3 is 0 Å². The van der Waals surface area contributed by atoms with Crippen LogP contribution in [0.1, 0.15) is 19.3 Å². The normalized spacial score (nSPS) is 29.8. The van der Waals surface area contributed by atoms with E-state index in [0.29, 0.717) is 12.0 Å². The lowest BCUT2D eigenvalue weighted by atomic mass is 10.00. The van der Waals surface area contributed by atoms with Gasteiger partial charge in [-0.05, 0) is 26.3 Å². The number of nitrogens with zero attached hydrogens (tertiary/aromatic N) is 1. The van der Waals surface area contributed by atoms with Crippen molar-refractivity contribution in [3.05, 3.63) is 0 Å². The van der Waals surface area contributed by atoms with E-state index in [-0.39, 0.29) is 6.10 Å². The first-order chi connectivity index (χ1) is 7.77. The molecule has 2 atom stereocenters. The molecule has 2 heterocycles. The summed E-state index contributed by atoms with van der Waals surface area (Å²) in [6.07, 6.45) is 2.94. The summed E-state index contributed by atoms with van der Waals surface area (Å²) in [4.78, 5) is 2.28. The molecule has 2 fully saturated rings. The first kappa shape index (κ1) is 12.3. The molecule has 0 aromatic rings. The van der Waals surface area contributed by atoms with Gasteiger partial charge in [-0.3, -0.25) is 0 Å². The maximum atomic E-state index is 10.1. The number of aliphatic hydroxyl groups is 1. The Kier molecular flexibility index (Phi) is 4.58. The summed E-state index contributed by atoms with van der Waals surface area (Å²) in [6, 6.07) is 0.575. The standard InChI is InChI=1S/C12H23NO3/c1-13(11-3-6-15-7-4-11)8-12(14)10-2-5-16-9-10/h10-12,14H,2-9H2,1H3. The van der Waals surface area contributed by atoms with E-state index in [4.69, 9.17) is 9.47 Å². The van der Waals surface area contributed by atoms with Crippen molar-refractivity contribution in [3.8, 4) is 0 Å². The zero-order valence-corrected chi connectivity index (χ0v) is 10.1. The second-order valence-electron chi connectivity index (χ2n) is 4.97. The van der Waals surface area contributed by atoms with E-state index < -0.39 is 0 Å². The molecule has 0 bridgehead atoms. The third-order valence-corrected chi connectivity index (χ3v) is 3.80. The van der Waals surface area contributed by atoms with Gasteiger partial charge in [-0.15, -0.1) is 0 Å². The molecule has 2 aliphatic rings. The van der Waals surface area contributed by atoms with Crippen molar-refractivity contribution in [2.24, 2.45) is 5.92 Å². The molecule has 0 radical (unpaired) electrons. The molecule has 16 heavy (non-hydrogen) atoms. The van der Waals surface area contributed by atoms with Gasteiger partial charge in [-0.2, -0.15) is 0 Å². The average molecular weight is 229 g/mol. The van der Waals surface area contributed by atoms with E-state index in [1.807, 2.05) is 0 Å². The summed E-state index contributed by atoms with van der Waals surface area (Å²) < 4.78 is 10.7. The van der Waals surface area contributed by atoms with Crippen LogP contribution in [-0.4, -0.2) is 62.2 Å². The van der Waals surface area contributed by atoms with Gasteiger partial charge in [0.2, 0.25) is 0 Å². The van der Waals surface area contributed by atoms with E-state index in [1.165, 1.54) is 0 Å². The van der Waals surface area contributed by atoms with Crippen molar-refractivity contribution in [3.63, 3.8) is 0 Å². The highest BCUT2D eigenvalue weighted by Crippen LogP contribution is 2.19. The Labute approximate surface area is 97.5 Å². The Bertz CT molecular complexity index is 200. The molecule has 0 saturated carbocycles. The third kappa shape index (κ3) is 3.17. The summed E-state index contributed by atoms with van der Waals surface area (Å²) in [5, 5.41) is 10.1. The Morgan fingerprint density at radius 1 is 1.19 bits per heavy atom. The Balaban J connectivity index is 1.74. The van der Waals surface area contributed by atoms with E-state index in [1.54, 1.807) is 0 Å². The van der Waals surface area contributed by atoms with Gasteiger partial charge in [-0.1, -0.05) is 0 Å². The highest BCUT2D eigenvalue weighted by Gasteiger charge is 2.27. The van der Waals surface area contributed by atoms with Crippen LogP contribution in [0.4, 0.5) is 0 Å². The van der Waals surface area contributed by atoms with Gasteiger partial charge < -0.3 is 19.5 Å². The molecule has 94 valence electrons. The van der Waals surface area contributed by atoms with Crippen molar-refractivity contribution < 1.29 is 14.6 Å². The predicted molar refractivity (Wildman–Crippen MR) is 61.4 cm³/mol. The van der Waals surface area contributed by atoms with Crippen molar-refractivity contribution in [2.75, 3.05) is 40.0 Å². The lowest BCUT2D eigenvalue weighted by molar-refractivity contribution is 0.0108. The van der Waals surface area contributed by atoms with Crippen LogP contribution in [0.2, 0.25) is 0 Å². The topological polar surface area (TPSA) is 41.9 Å². The minimum Gasteiger partial charge on any atom is -0.391 e. The number of aliphatic hydroxyl groups excluding tert-OH is 1. The third-order valence-electron chi connectivity index (χ3n) is 3.80. The highest BCUT2D eigenvalue weighted by atomic mass is 16.5. The molecule has 4 nitrogen and oxygen atoms in total. The minimum absolute atomic E-state index is 0.240. The van der Waals surface area contributed by atoms with Crippen LogP contribution >= 0.6 is 0 Å². The fourth-order valence-corrected chi connectivity index (χ4v) is 2.58. The van der Waals surface area contributed by atoms with Crippen LogP contribution in [0.15, 0.2) is 0 Å². The SMILES string of the molecule is CN(CC(O)C1CCOC1)C1CCOCC1. The van der Waals surface area contributed by atoms with E-state index in [2.05, 4.69) is 11.9 Å². The second kappa shape index (κ2) is 5.96. The molecule has 2 saturated heterocycles. The lowest BCUT2D eigenvalue weighted by Crippen LogP contribution is -2.42. The Morgan fingerprint density at radius 3 is 2.50 bits per heavy atom. The number of rotatable bonds is 4. The highest BCUT2D eigenvalue weighted by molar-refractivity contribution is 4.79. The van der Waals surface area contributed by atoms with Crippen molar-refractivity contribution in [1.29, 1.82) is 0 Å². The fourth-order valence-electron chi connectivity index (χ4n) is 2.58. The average Bonchev–Trinajstić information content (AvgIpc) is 2.83. The molecule has 0 spiro atoms. The van der Waals surface area contributed by atoms with Crippen LogP contribution < -0.4 is 0 Å². The number of hydrogen-bond acceptors (Lipinski definition) is 4. The Morgan fingerprint density at radius 2 is 1.88 bits per heavy atom.